The summed E-state index contributed by atoms with van der Waals surface area (Å²) in [6.07, 6.45) is 2.02. The van der Waals surface area contributed by atoms with Crippen molar-refractivity contribution in [2.45, 2.75) is 25.3 Å². The maximum atomic E-state index is 13.4. The number of aromatic carboxylic acids is 1. The zero-order valence-electron chi connectivity index (χ0n) is 10.2. The average Bonchev–Trinajstić information content (AvgIpc) is 2.75. The van der Waals surface area contributed by atoms with E-state index in [0.717, 1.165) is 12.5 Å². The van der Waals surface area contributed by atoms with E-state index in [4.69, 9.17) is 10.8 Å². The first-order valence-electron chi connectivity index (χ1n) is 6.07. The first-order chi connectivity index (χ1) is 8.99. The van der Waals surface area contributed by atoms with Crippen LogP contribution in [0.4, 0.5) is 10.1 Å². The van der Waals surface area contributed by atoms with Gasteiger partial charge in [-0.3, -0.25) is 4.79 Å². The summed E-state index contributed by atoms with van der Waals surface area (Å²) in [6.45, 7) is 0. The Labute approximate surface area is 109 Å². The fourth-order valence-electron chi connectivity index (χ4n) is 2.34. The Bertz CT molecular complexity index is 519. The summed E-state index contributed by atoms with van der Waals surface area (Å²) in [5, 5.41) is 11.4. The Morgan fingerprint density at radius 3 is 2.68 bits per heavy atom. The number of hydrogen-bond donors (Lipinski definition) is 3. The number of carbonyl (C=O) groups is 2. The third-order valence-electron chi connectivity index (χ3n) is 3.33. The molecule has 0 spiro atoms. The molecule has 1 aliphatic carbocycles. The standard InChI is InChI=1S/C13H15FN2O3/c14-9-2-1-3-10(11(9)13(18)19)16-12(17)7-4-5-8(15)6-7/h1-3,7-8H,4-6,15H2,(H,16,17)(H,18,19). The van der Waals surface area contributed by atoms with Gasteiger partial charge >= 0.3 is 5.97 Å². The topological polar surface area (TPSA) is 92.4 Å². The van der Waals surface area contributed by atoms with Gasteiger partial charge < -0.3 is 16.2 Å². The lowest BCUT2D eigenvalue weighted by atomic mass is 10.1. The highest BCUT2D eigenvalue weighted by molar-refractivity contribution is 6.01. The number of nitrogens with two attached hydrogens (primary N) is 1. The number of amides is 1. The molecule has 2 unspecified atom stereocenters. The second kappa shape index (κ2) is 5.36. The third-order valence-corrected chi connectivity index (χ3v) is 3.33. The number of carbonyl (C=O) groups excluding carboxylic acids is 1. The van der Waals surface area contributed by atoms with Crippen molar-refractivity contribution in [3.05, 3.63) is 29.6 Å². The lowest BCUT2D eigenvalue weighted by Crippen LogP contribution is -2.24. The van der Waals surface area contributed by atoms with Crippen LogP contribution in [0.5, 0.6) is 0 Å². The molecule has 1 aliphatic rings. The number of rotatable bonds is 3. The number of halogens is 1. The van der Waals surface area contributed by atoms with Crippen LogP contribution in [0.2, 0.25) is 0 Å². The van der Waals surface area contributed by atoms with E-state index < -0.39 is 17.3 Å². The molecule has 102 valence electrons. The molecule has 2 atom stereocenters. The number of hydrogen-bond acceptors (Lipinski definition) is 3. The molecule has 5 nitrogen and oxygen atoms in total. The minimum absolute atomic E-state index is 0.00204. The second-order valence-electron chi connectivity index (χ2n) is 4.73. The van der Waals surface area contributed by atoms with Crippen molar-refractivity contribution in [1.82, 2.24) is 0 Å². The highest BCUT2D eigenvalue weighted by Crippen LogP contribution is 2.26. The molecule has 1 amide bonds. The predicted octanol–water partition coefficient (Wildman–Crippen LogP) is 1.59. The largest absolute Gasteiger partial charge is 0.478 e. The molecule has 4 N–H and O–H groups in total. The van der Waals surface area contributed by atoms with E-state index in [1.807, 2.05) is 0 Å². The lowest BCUT2D eigenvalue weighted by Gasteiger charge is -2.13. The number of benzene rings is 1. The quantitative estimate of drug-likeness (QED) is 0.774. The Morgan fingerprint density at radius 2 is 2.11 bits per heavy atom. The lowest BCUT2D eigenvalue weighted by molar-refractivity contribution is -0.119. The van der Waals surface area contributed by atoms with Crippen molar-refractivity contribution in [3.63, 3.8) is 0 Å². The molecule has 6 heteroatoms. The molecule has 1 aromatic rings. The first-order valence-corrected chi connectivity index (χ1v) is 6.07. The smallest absolute Gasteiger partial charge is 0.340 e. The van der Waals surface area contributed by atoms with Gasteiger partial charge in [0.2, 0.25) is 5.91 Å². The average molecular weight is 266 g/mol. The van der Waals surface area contributed by atoms with Gasteiger partial charge in [-0.1, -0.05) is 6.07 Å². The van der Waals surface area contributed by atoms with Gasteiger partial charge in [-0.05, 0) is 31.4 Å². The van der Waals surface area contributed by atoms with Crippen LogP contribution in [0.1, 0.15) is 29.6 Å². The van der Waals surface area contributed by atoms with Gasteiger partial charge in [-0.2, -0.15) is 0 Å². The summed E-state index contributed by atoms with van der Waals surface area (Å²) in [5.74, 6) is -2.81. The SMILES string of the molecule is NC1CCC(C(=O)Nc2cccc(F)c2C(=O)O)C1. The van der Waals surface area contributed by atoms with Crippen LogP contribution in [0, 0.1) is 11.7 Å². The van der Waals surface area contributed by atoms with E-state index in [9.17, 15) is 14.0 Å². The summed E-state index contributed by atoms with van der Waals surface area (Å²) in [4.78, 5) is 23.0. The summed E-state index contributed by atoms with van der Waals surface area (Å²) in [6, 6.07) is 3.78. The molecule has 0 radical (unpaired) electrons. The molecular weight excluding hydrogens is 251 g/mol. The van der Waals surface area contributed by atoms with Crippen molar-refractivity contribution in [2.24, 2.45) is 11.7 Å². The minimum atomic E-state index is -1.41. The fourth-order valence-corrected chi connectivity index (χ4v) is 2.34. The van der Waals surface area contributed by atoms with Crippen molar-refractivity contribution in [2.75, 3.05) is 5.32 Å². The molecule has 0 heterocycles. The van der Waals surface area contributed by atoms with Crippen LogP contribution in [0.3, 0.4) is 0 Å². The molecule has 0 aromatic heterocycles. The molecule has 19 heavy (non-hydrogen) atoms. The van der Waals surface area contributed by atoms with E-state index >= 15 is 0 Å². The van der Waals surface area contributed by atoms with Crippen LogP contribution < -0.4 is 11.1 Å². The monoisotopic (exact) mass is 266 g/mol. The van der Waals surface area contributed by atoms with Gasteiger partial charge in [0.05, 0.1) is 5.69 Å². The molecule has 2 rings (SSSR count). The van der Waals surface area contributed by atoms with Crippen molar-refractivity contribution < 1.29 is 19.1 Å². The van der Waals surface area contributed by atoms with Gasteiger partial charge in [-0.25, -0.2) is 9.18 Å². The van der Waals surface area contributed by atoms with Gasteiger partial charge in [0.1, 0.15) is 11.4 Å². The van der Waals surface area contributed by atoms with E-state index in [-0.39, 0.29) is 23.6 Å². The second-order valence-corrected chi connectivity index (χ2v) is 4.73. The molecule has 0 bridgehead atoms. The highest BCUT2D eigenvalue weighted by Gasteiger charge is 2.28. The normalized spacial score (nSPS) is 22.2. The summed E-state index contributed by atoms with van der Waals surface area (Å²) < 4.78 is 13.4. The molecular formula is C13H15FN2O3. The van der Waals surface area contributed by atoms with Crippen LogP contribution in [-0.4, -0.2) is 23.0 Å². The Morgan fingerprint density at radius 1 is 1.37 bits per heavy atom. The molecule has 1 aromatic carbocycles. The third kappa shape index (κ3) is 2.90. The van der Waals surface area contributed by atoms with Crippen LogP contribution in [0.15, 0.2) is 18.2 Å². The summed E-state index contributed by atoms with van der Waals surface area (Å²) >= 11 is 0. The minimum Gasteiger partial charge on any atom is -0.478 e. The predicted molar refractivity (Wildman–Crippen MR) is 67.3 cm³/mol. The zero-order chi connectivity index (χ0) is 14.0. The highest BCUT2D eigenvalue weighted by atomic mass is 19.1. The molecule has 1 saturated carbocycles. The maximum absolute atomic E-state index is 13.4. The fraction of sp³-hybridized carbons (Fsp3) is 0.385. The van der Waals surface area contributed by atoms with E-state index in [1.165, 1.54) is 12.1 Å². The van der Waals surface area contributed by atoms with Gasteiger partial charge in [-0.15, -0.1) is 0 Å². The van der Waals surface area contributed by atoms with Crippen LogP contribution in [0.25, 0.3) is 0 Å². The maximum Gasteiger partial charge on any atom is 0.340 e. The van der Waals surface area contributed by atoms with Crippen LogP contribution in [-0.2, 0) is 4.79 Å². The first kappa shape index (κ1) is 13.5. The number of anilines is 1. The Hall–Kier alpha value is -1.95. The van der Waals surface area contributed by atoms with Gasteiger partial charge in [0.25, 0.3) is 0 Å². The Kier molecular flexibility index (Phi) is 3.80. The molecule has 1 fully saturated rings. The van der Waals surface area contributed by atoms with E-state index in [1.54, 1.807) is 0 Å². The Balaban J connectivity index is 2.17. The number of carboxylic acid groups (broad SMARTS) is 1. The number of carboxylic acids is 1. The molecule has 0 saturated heterocycles. The number of nitrogens with one attached hydrogen (secondary N) is 1. The van der Waals surface area contributed by atoms with E-state index in [2.05, 4.69) is 5.32 Å². The van der Waals surface area contributed by atoms with Crippen molar-refractivity contribution >= 4 is 17.6 Å². The molecule has 0 aliphatic heterocycles. The summed E-state index contributed by atoms with van der Waals surface area (Å²) in [7, 11) is 0. The zero-order valence-corrected chi connectivity index (χ0v) is 10.2. The summed E-state index contributed by atoms with van der Waals surface area (Å²) in [5.41, 5.74) is 5.19. The van der Waals surface area contributed by atoms with Crippen LogP contribution >= 0.6 is 0 Å². The van der Waals surface area contributed by atoms with E-state index in [0.29, 0.717) is 12.8 Å². The van der Waals surface area contributed by atoms with Crippen molar-refractivity contribution in [3.8, 4) is 0 Å². The van der Waals surface area contributed by atoms with Gasteiger partial charge in [0.15, 0.2) is 0 Å². The van der Waals surface area contributed by atoms with Crippen molar-refractivity contribution in [1.29, 1.82) is 0 Å². The van der Waals surface area contributed by atoms with Gasteiger partial charge in [0, 0.05) is 12.0 Å².